The average Bonchev–Trinajstić information content (AvgIpc) is 3.26. The number of amides is 3. The first-order valence-corrected chi connectivity index (χ1v) is 13.9. The van der Waals surface area contributed by atoms with E-state index in [0.717, 1.165) is 45.3 Å². The number of hydrogen-bond donors (Lipinski definition) is 4. The number of hydrogen-bond acceptors (Lipinski definition) is 9. The molecule has 1 aromatic heterocycles. The Balaban J connectivity index is 1.17. The van der Waals surface area contributed by atoms with Crippen LogP contribution in [0.25, 0.3) is 0 Å². The fourth-order valence-corrected chi connectivity index (χ4v) is 5.12. The van der Waals surface area contributed by atoms with E-state index in [0.29, 0.717) is 24.5 Å². The summed E-state index contributed by atoms with van der Waals surface area (Å²) < 4.78 is 5.59. The van der Waals surface area contributed by atoms with Crippen molar-refractivity contribution >= 4 is 41.0 Å². The number of carbonyl (C=O) groups excluding carboxylic acids is 3. The van der Waals surface area contributed by atoms with Crippen molar-refractivity contribution in [1.29, 1.82) is 0 Å². The van der Waals surface area contributed by atoms with Crippen LogP contribution in [0, 0.1) is 0 Å². The van der Waals surface area contributed by atoms with E-state index in [-0.39, 0.29) is 47.0 Å². The number of aromatic nitrogens is 2. The van der Waals surface area contributed by atoms with Crippen molar-refractivity contribution in [3.63, 3.8) is 0 Å². The highest BCUT2D eigenvalue weighted by Crippen LogP contribution is 2.20. The van der Waals surface area contributed by atoms with Crippen LogP contribution in [0.5, 0.6) is 5.75 Å². The number of nitrogen functional groups attached to an aromatic ring is 1. The van der Waals surface area contributed by atoms with Crippen molar-refractivity contribution < 1.29 is 19.1 Å². The van der Waals surface area contributed by atoms with E-state index in [1.807, 2.05) is 24.3 Å². The Kier molecular flexibility index (Phi) is 9.99. The standard InChI is InChI=1S/C27H37ClN8O4/c1-30-25-22(33-23(28)24(29)34-25)26(38)31-18-6-4-13-36(15-18)12-3-5-17-7-9-19(10-8-17)40-16-21(37)32-20-11-14-35(2)27(20)39/h7-10,18,20H,3-6,11-16H2,1-2H3,(H,31,38)(H,32,37)(H3,29,30,34). The van der Waals surface area contributed by atoms with Gasteiger partial charge in [0, 0.05) is 33.2 Å². The Hall–Kier alpha value is -3.64. The van der Waals surface area contributed by atoms with Gasteiger partial charge in [0.1, 0.15) is 11.8 Å². The second-order valence-electron chi connectivity index (χ2n) is 10.2. The Bertz CT molecular complexity index is 1210. The Morgan fingerprint density at radius 3 is 2.62 bits per heavy atom. The van der Waals surface area contributed by atoms with Crippen LogP contribution in [0.15, 0.2) is 24.3 Å². The third kappa shape index (κ3) is 7.72. The number of nitrogens with zero attached hydrogens (tertiary/aromatic N) is 4. The van der Waals surface area contributed by atoms with Gasteiger partial charge in [-0.2, -0.15) is 0 Å². The van der Waals surface area contributed by atoms with E-state index < -0.39 is 6.04 Å². The molecule has 40 heavy (non-hydrogen) atoms. The third-order valence-corrected chi connectivity index (χ3v) is 7.44. The molecule has 0 radical (unpaired) electrons. The summed E-state index contributed by atoms with van der Waals surface area (Å²) >= 11 is 5.98. The normalized spacial score (nSPS) is 19.4. The molecule has 0 saturated carbocycles. The molecular weight excluding hydrogens is 536 g/mol. The van der Waals surface area contributed by atoms with Gasteiger partial charge in [0.25, 0.3) is 11.8 Å². The molecule has 4 rings (SSSR count). The number of rotatable bonds is 11. The van der Waals surface area contributed by atoms with E-state index >= 15 is 0 Å². The number of ether oxygens (including phenoxy) is 1. The molecule has 0 spiro atoms. The summed E-state index contributed by atoms with van der Waals surface area (Å²) in [7, 11) is 3.38. The van der Waals surface area contributed by atoms with Crippen LogP contribution in [0.2, 0.25) is 5.15 Å². The molecule has 2 atom stereocenters. The third-order valence-electron chi connectivity index (χ3n) is 7.17. The molecule has 0 aliphatic carbocycles. The molecule has 2 aliphatic heterocycles. The SMILES string of the molecule is CNc1nc(N)c(Cl)nc1C(=O)NC1CCCN(CCCc2ccc(OCC(=O)NC3CCN(C)C3=O)cc2)C1. The molecule has 1 aromatic carbocycles. The van der Waals surface area contributed by atoms with Crippen molar-refractivity contribution in [3.05, 3.63) is 40.7 Å². The summed E-state index contributed by atoms with van der Waals surface area (Å²) in [6.07, 6.45) is 4.37. The van der Waals surface area contributed by atoms with Crippen LogP contribution in [0.3, 0.4) is 0 Å². The first-order valence-electron chi connectivity index (χ1n) is 13.5. The zero-order valence-electron chi connectivity index (χ0n) is 22.9. The zero-order valence-corrected chi connectivity index (χ0v) is 23.7. The summed E-state index contributed by atoms with van der Waals surface area (Å²) in [6, 6.07) is 7.26. The summed E-state index contributed by atoms with van der Waals surface area (Å²) in [6.45, 7) is 3.17. The predicted molar refractivity (Wildman–Crippen MR) is 152 cm³/mol. The Labute approximate surface area is 239 Å². The molecule has 2 aromatic rings. The van der Waals surface area contributed by atoms with Gasteiger partial charge in [-0.15, -0.1) is 0 Å². The van der Waals surface area contributed by atoms with Crippen LogP contribution in [0.1, 0.15) is 41.7 Å². The van der Waals surface area contributed by atoms with Gasteiger partial charge in [0.2, 0.25) is 5.91 Å². The predicted octanol–water partition coefficient (Wildman–Crippen LogP) is 1.31. The van der Waals surface area contributed by atoms with E-state index in [9.17, 15) is 14.4 Å². The van der Waals surface area contributed by atoms with Crippen LogP contribution in [-0.2, 0) is 16.0 Å². The first-order chi connectivity index (χ1) is 19.2. The molecule has 3 heterocycles. The summed E-state index contributed by atoms with van der Waals surface area (Å²) in [4.78, 5) is 49.1. The largest absolute Gasteiger partial charge is 0.484 e. The van der Waals surface area contributed by atoms with Crippen LogP contribution in [0.4, 0.5) is 11.6 Å². The summed E-state index contributed by atoms with van der Waals surface area (Å²) in [5, 5.41) is 8.64. The number of halogens is 1. The molecule has 5 N–H and O–H groups in total. The second kappa shape index (κ2) is 13.6. The topological polar surface area (TPSA) is 155 Å². The van der Waals surface area contributed by atoms with Gasteiger partial charge in [-0.3, -0.25) is 14.4 Å². The summed E-state index contributed by atoms with van der Waals surface area (Å²) in [5.41, 5.74) is 7.01. The monoisotopic (exact) mass is 572 g/mol. The molecule has 2 aliphatic rings. The Morgan fingerprint density at radius 2 is 1.93 bits per heavy atom. The fourth-order valence-electron chi connectivity index (χ4n) is 4.99. The number of piperidine rings is 1. The lowest BCUT2D eigenvalue weighted by Gasteiger charge is -2.33. The quantitative estimate of drug-likeness (QED) is 0.312. The minimum absolute atomic E-state index is 0.00438. The van der Waals surface area contributed by atoms with Crippen molar-refractivity contribution in [2.75, 3.05) is 57.9 Å². The lowest BCUT2D eigenvalue weighted by molar-refractivity contribution is -0.132. The number of nitrogens with two attached hydrogens (primary N) is 1. The van der Waals surface area contributed by atoms with Crippen LogP contribution >= 0.6 is 11.6 Å². The summed E-state index contributed by atoms with van der Waals surface area (Å²) in [5.74, 6) is 0.273. The van der Waals surface area contributed by atoms with Gasteiger partial charge in [-0.05, 0) is 62.9 Å². The van der Waals surface area contributed by atoms with Gasteiger partial charge >= 0.3 is 0 Å². The van der Waals surface area contributed by atoms with E-state index in [1.165, 1.54) is 5.56 Å². The molecule has 13 heteroatoms. The lowest BCUT2D eigenvalue weighted by atomic mass is 10.0. The lowest BCUT2D eigenvalue weighted by Crippen LogP contribution is -2.48. The smallest absolute Gasteiger partial charge is 0.274 e. The molecule has 3 amide bonds. The molecule has 12 nitrogen and oxygen atoms in total. The maximum Gasteiger partial charge on any atom is 0.274 e. The molecule has 2 saturated heterocycles. The average molecular weight is 573 g/mol. The van der Waals surface area contributed by atoms with Crippen LogP contribution in [-0.4, -0.2) is 96.5 Å². The minimum Gasteiger partial charge on any atom is -0.484 e. The van der Waals surface area contributed by atoms with Crippen molar-refractivity contribution in [1.82, 2.24) is 30.4 Å². The molecule has 2 unspecified atom stereocenters. The number of aryl methyl sites for hydroxylation is 1. The van der Waals surface area contributed by atoms with Gasteiger partial charge in [-0.25, -0.2) is 9.97 Å². The van der Waals surface area contributed by atoms with Gasteiger partial charge in [-0.1, -0.05) is 23.7 Å². The maximum atomic E-state index is 12.9. The van der Waals surface area contributed by atoms with Crippen molar-refractivity contribution in [2.45, 2.75) is 44.2 Å². The second-order valence-corrected chi connectivity index (χ2v) is 10.5. The number of anilines is 2. The molecular formula is C27H37ClN8O4. The van der Waals surface area contributed by atoms with E-state index in [2.05, 4.69) is 30.8 Å². The number of carbonyl (C=O) groups is 3. The van der Waals surface area contributed by atoms with Crippen LogP contribution < -0.4 is 26.4 Å². The maximum absolute atomic E-state index is 12.9. The Morgan fingerprint density at radius 1 is 1.15 bits per heavy atom. The van der Waals surface area contributed by atoms with Crippen molar-refractivity contribution in [3.8, 4) is 5.75 Å². The van der Waals surface area contributed by atoms with E-state index in [4.69, 9.17) is 22.1 Å². The number of likely N-dealkylation sites (tertiary alicyclic amines) is 2. The highest BCUT2D eigenvalue weighted by molar-refractivity contribution is 6.31. The highest BCUT2D eigenvalue weighted by Gasteiger charge is 2.30. The van der Waals surface area contributed by atoms with E-state index in [1.54, 1.807) is 19.0 Å². The van der Waals surface area contributed by atoms with Gasteiger partial charge in [0.05, 0.1) is 0 Å². The first kappa shape index (κ1) is 29.3. The van der Waals surface area contributed by atoms with Crippen molar-refractivity contribution in [2.24, 2.45) is 0 Å². The molecule has 0 bridgehead atoms. The number of likely N-dealkylation sites (N-methyl/N-ethyl adjacent to an activating group) is 1. The molecule has 216 valence electrons. The van der Waals surface area contributed by atoms with Gasteiger partial charge in [0.15, 0.2) is 29.1 Å². The number of benzene rings is 1. The molecule has 2 fully saturated rings. The number of nitrogens with one attached hydrogen (secondary N) is 3. The zero-order chi connectivity index (χ0) is 28.6. The van der Waals surface area contributed by atoms with Gasteiger partial charge < -0.3 is 36.2 Å². The highest BCUT2D eigenvalue weighted by atomic mass is 35.5. The minimum atomic E-state index is -0.460. The fraction of sp³-hybridized carbons (Fsp3) is 0.519.